The molecule has 17 heteroatoms. The van der Waals surface area contributed by atoms with Gasteiger partial charge in [0.1, 0.15) is 61.0 Å². The van der Waals surface area contributed by atoms with Crippen molar-refractivity contribution in [1.82, 2.24) is 10.6 Å². The molecular weight excluding hydrogens is 941 g/mol. The minimum atomic E-state index is -1.86. The van der Waals surface area contributed by atoms with E-state index in [1.54, 1.807) is 0 Å². The predicted molar refractivity (Wildman–Crippen MR) is 282 cm³/mol. The molecule has 0 radical (unpaired) electrons. The van der Waals surface area contributed by atoms with E-state index in [1.165, 1.54) is 148 Å². The topological polar surface area (TPSA) is 277 Å². The van der Waals surface area contributed by atoms with Crippen molar-refractivity contribution >= 4 is 11.8 Å². The summed E-state index contributed by atoms with van der Waals surface area (Å²) in [4.78, 5) is 25.4. The van der Waals surface area contributed by atoms with Crippen LogP contribution in [0.15, 0.2) is 0 Å². The second-order valence-corrected chi connectivity index (χ2v) is 21.4. The molecule has 0 unspecified atom stereocenters. The van der Waals surface area contributed by atoms with Gasteiger partial charge in [-0.2, -0.15) is 0 Å². The number of hydrogen-bond donors (Lipinski definition) is 11. The van der Waals surface area contributed by atoms with Gasteiger partial charge in [0.25, 0.3) is 0 Å². The largest absolute Gasteiger partial charge is 0.394 e. The van der Waals surface area contributed by atoms with Crippen LogP contribution in [0.25, 0.3) is 0 Å². The Labute approximate surface area is 440 Å². The molecule has 2 fully saturated rings. The van der Waals surface area contributed by atoms with Crippen LogP contribution in [0.2, 0.25) is 0 Å². The molecule has 0 aromatic rings. The summed E-state index contributed by atoms with van der Waals surface area (Å²) in [6.45, 7) is 3.60. The van der Waals surface area contributed by atoms with Gasteiger partial charge in [-0.1, -0.05) is 219 Å². The van der Waals surface area contributed by atoms with Crippen LogP contribution >= 0.6 is 0 Å². The maximum atomic E-state index is 13.4. The van der Waals surface area contributed by atoms with Crippen LogP contribution in [0.5, 0.6) is 0 Å². The molecule has 0 bridgehead atoms. The predicted octanol–water partition coefficient (Wildman–Crippen LogP) is 6.64. The second kappa shape index (κ2) is 42.4. The first-order valence-corrected chi connectivity index (χ1v) is 29.4. The third-order valence-electron chi connectivity index (χ3n) is 14.9. The lowest BCUT2D eigenvalue weighted by Crippen LogP contribution is -2.67. The molecule has 2 amide bonds. The first-order chi connectivity index (χ1) is 35.3. The van der Waals surface area contributed by atoms with Crippen molar-refractivity contribution < 1.29 is 74.5 Å². The molecule has 0 aliphatic carbocycles. The molecule has 2 aliphatic rings. The molecule has 2 saturated heterocycles. The van der Waals surface area contributed by atoms with Gasteiger partial charge in [0.2, 0.25) is 11.8 Å². The molecule has 0 spiro atoms. The van der Waals surface area contributed by atoms with Crippen LogP contribution in [0, 0.1) is 0 Å². The smallest absolute Gasteiger partial charge is 0.249 e. The Kier molecular flexibility index (Phi) is 39.3. The van der Waals surface area contributed by atoms with Crippen molar-refractivity contribution in [3.05, 3.63) is 0 Å². The minimum Gasteiger partial charge on any atom is -0.394 e. The number of carbonyl (C=O) groups is 2. The van der Waals surface area contributed by atoms with Gasteiger partial charge in [0, 0.05) is 6.92 Å². The van der Waals surface area contributed by atoms with Gasteiger partial charge in [-0.15, -0.1) is 0 Å². The van der Waals surface area contributed by atoms with Gasteiger partial charge in [-0.05, 0) is 12.8 Å². The molecule has 2 rings (SSSR count). The minimum absolute atomic E-state index is 0.203. The highest BCUT2D eigenvalue weighted by Gasteiger charge is 2.51. The van der Waals surface area contributed by atoms with Crippen LogP contribution in [0.4, 0.5) is 0 Å². The zero-order valence-corrected chi connectivity index (χ0v) is 45.7. The van der Waals surface area contributed by atoms with Crippen LogP contribution in [0.1, 0.15) is 239 Å². The number of ether oxygens (including phenoxy) is 4. The van der Waals surface area contributed by atoms with Crippen LogP contribution in [0.3, 0.4) is 0 Å². The van der Waals surface area contributed by atoms with Gasteiger partial charge in [-0.3, -0.25) is 9.59 Å². The Morgan fingerprint density at radius 3 is 1.32 bits per heavy atom. The van der Waals surface area contributed by atoms with E-state index >= 15 is 0 Å². The Bertz CT molecular complexity index is 1340. The van der Waals surface area contributed by atoms with Crippen molar-refractivity contribution in [1.29, 1.82) is 0 Å². The fourth-order valence-corrected chi connectivity index (χ4v) is 10.2. The number of aliphatic hydroxyl groups excluding tert-OH is 9. The monoisotopic (exact) mass is 1050 g/mol. The van der Waals surface area contributed by atoms with Gasteiger partial charge in [-0.25, -0.2) is 0 Å². The summed E-state index contributed by atoms with van der Waals surface area (Å²) in [5, 5.41) is 102. The third-order valence-corrected chi connectivity index (χ3v) is 14.9. The van der Waals surface area contributed by atoms with E-state index in [0.29, 0.717) is 12.8 Å². The number of unbranched alkanes of at least 4 members (excludes halogenated alkanes) is 30. The Morgan fingerprint density at radius 1 is 0.507 bits per heavy atom. The molecule has 432 valence electrons. The van der Waals surface area contributed by atoms with Crippen molar-refractivity contribution in [3.63, 3.8) is 0 Å². The van der Waals surface area contributed by atoms with E-state index in [9.17, 15) is 55.5 Å². The molecule has 0 aromatic heterocycles. The lowest BCUT2D eigenvalue weighted by Gasteiger charge is -2.47. The summed E-state index contributed by atoms with van der Waals surface area (Å²) in [6, 6.07) is -2.67. The van der Waals surface area contributed by atoms with E-state index < -0.39 is 117 Å². The van der Waals surface area contributed by atoms with Crippen LogP contribution in [-0.4, -0.2) is 163 Å². The first kappa shape index (κ1) is 67.5. The van der Waals surface area contributed by atoms with Gasteiger partial charge in [0.15, 0.2) is 12.6 Å². The lowest BCUT2D eigenvalue weighted by atomic mass is 9.95. The SMILES string of the molecule is CCCCCCCCCCCCCCCCCCC[C@@H](O)C(=O)N[C@@H](CO[C@H]1O[C@H](CO)[C@H](O[C@H]2O[C@H](CO)[C@@H](O)[C@H](O)[C@H]2NC(C)=O)[C@H](O)[C@H]1O)[C@H](O)[C@H](O)CCCCCCCCCCCCCCCCC. The zero-order chi connectivity index (χ0) is 53.6. The van der Waals surface area contributed by atoms with Gasteiger partial charge in [0.05, 0.1) is 32.0 Å². The maximum Gasteiger partial charge on any atom is 0.249 e. The van der Waals surface area contributed by atoms with E-state index in [4.69, 9.17) is 18.9 Å². The Balaban J connectivity index is 1.92. The van der Waals surface area contributed by atoms with E-state index in [2.05, 4.69) is 24.5 Å². The number of amides is 2. The maximum absolute atomic E-state index is 13.4. The summed E-state index contributed by atoms with van der Waals surface area (Å²) < 4.78 is 23.2. The summed E-state index contributed by atoms with van der Waals surface area (Å²) in [6.07, 6.45) is 20.1. The van der Waals surface area contributed by atoms with Crippen molar-refractivity contribution in [2.75, 3.05) is 19.8 Å². The fourth-order valence-electron chi connectivity index (χ4n) is 10.2. The normalized spacial score (nSPS) is 26.1. The van der Waals surface area contributed by atoms with Crippen molar-refractivity contribution in [2.24, 2.45) is 0 Å². The number of nitrogens with one attached hydrogen (secondary N) is 2. The van der Waals surface area contributed by atoms with Crippen LogP contribution in [-0.2, 0) is 28.5 Å². The number of aliphatic hydroxyl groups is 9. The van der Waals surface area contributed by atoms with Crippen molar-refractivity contribution in [3.8, 4) is 0 Å². The molecule has 0 saturated carbocycles. The van der Waals surface area contributed by atoms with E-state index in [1.807, 2.05) is 0 Å². The first-order valence-electron chi connectivity index (χ1n) is 29.4. The van der Waals surface area contributed by atoms with E-state index in [-0.39, 0.29) is 12.8 Å². The molecular formula is C56H108N2O15. The number of rotatable bonds is 46. The molecule has 73 heavy (non-hydrogen) atoms. The highest BCUT2D eigenvalue weighted by Crippen LogP contribution is 2.30. The van der Waals surface area contributed by atoms with Gasteiger partial charge >= 0.3 is 0 Å². The summed E-state index contributed by atoms with van der Waals surface area (Å²) in [5.74, 6) is -1.37. The van der Waals surface area contributed by atoms with Crippen LogP contribution < -0.4 is 10.6 Å². The second-order valence-electron chi connectivity index (χ2n) is 21.4. The zero-order valence-electron chi connectivity index (χ0n) is 45.7. The Morgan fingerprint density at radius 2 is 0.904 bits per heavy atom. The average Bonchev–Trinajstić information content (AvgIpc) is 3.38. The van der Waals surface area contributed by atoms with E-state index in [0.717, 1.165) is 51.9 Å². The van der Waals surface area contributed by atoms with Gasteiger partial charge < -0.3 is 75.5 Å². The number of hydrogen-bond acceptors (Lipinski definition) is 15. The summed E-state index contributed by atoms with van der Waals surface area (Å²) in [7, 11) is 0. The molecule has 0 aromatic carbocycles. The molecule has 2 heterocycles. The molecule has 2 aliphatic heterocycles. The Hall–Kier alpha value is -1.58. The highest BCUT2D eigenvalue weighted by molar-refractivity contribution is 5.80. The molecule has 11 N–H and O–H groups in total. The lowest BCUT2D eigenvalue weighted by molar-refractivity contribution is -0.347. The molecule has 14 atom stereocenters. The average molecular weight is 1050 g/mol. The quantitative estimate of drug-likeness (QED) is 0.0285. The standard InChI is InChI=1S/C56H108N2O15/c1-4-6-8-10-12-14-16-18-20-21-23-25-27-29-31-33-35-37-44(63)54(69)58-42(48(64)43(62)36-34-32-30-28-26-24-22-19-17-15-13-11-9-7-5-2)40-70-56-52(68)51(67)53(46(39-60)72-56)73-55-47(57-41(3)61)50(66)49(65)45(38-59)71-55/h42-53,55-56,59-60,62-68H,4-40H2,1-3H3,(H,57,61)(H,58,69)/t42-,43+,44+,45+,46+,47+,48-,49+,50+,51+,52+,53-,55+,56-/m0/s1. The van der Waals surface area contributed by atoms with Crippen molar-refractivity contribution in [2.45, 2.75) is 325 Å². The summed E-state index contributed by atoms with van der Waals surface area (Å²) >= 11 is 0. The summed E-state index contributed by atoms with van der Waals surface area (Å²) in [5.41, 5.74) is 0. The highest BCUT2D eigenvalue weighted by atomic mass is 16.7. The fraction of sp³-hybridized carbons (Fsp3) is 0.964. The number of carbonyl (C=O) groups excluding carboxylic acids is 2. The third kappa shape index (κ3) is 28.6. The molecule has 17 nitrogen and oxygen atoms in total.